The second-order valence-electron chi connectivity index (χ2n) is 2.54. The predicted octanol–water partition coefficient (Wildman–Crippen LogP) is 2.47. The Morgan fingerprint density at radius 2 is 2.00 bits per heavy atom. The maximum atomic E-state index is 8.71. The number of hydrogen-bond donors (Lipinski definition) is 1. The summed E-state index contributed by atoms with van der Waals surface area (Å²) in [5.74, 6) is 0.752. The van der Waals surface area contributed by atoms with E-state index in [1.165, 1.54) is 0 Å². The van der Waals surface area contributed by atoms with Gasteiger partial charge < -0.3 is 9.84 Å². The molecule has 0 fully saturated rings. The van der Waals surface area contributed by atoms with E-state index in [0.717, 1.165) is 5.75 Å². The number of benzene rings is 1. The molecule has 1 N–H and O–H groups in total. The Morgan fingerprint density at radius 1 is 1.38 bits per heavy atom. The number of aliphatic hydroxyl groups is 1. The normalized spacial score (nSPS) is 12.5. The molecule has 2 nitrogen and oxygen atoms in total. The molecule has 0 aliphatic carbocycles. The van der Waals surface area contributed by atoms with Crippen molar-refractivity contribution in [2.75, 3.05) is 13.2 Å². The van der Waals surface area contributed by atoms with Crippen molar-refractivity contribution in [1.29, 1.82) is 0 Å². The lowest BCUT2D eigenvalue weighted by molar-refractivity contribution is 0.243. The van der Waals surface area contributed by atoms with E-state index >= 15 is 0 Å². The van der Waals surface area contributed by atoms with E-state index in [4.69, 9.17) is 21.4 Å². The van der Waals surface area contributed by atoms with Crippen molar-refractivity contribution in [3.63, 3.8) is 0 Å². The lowest BCUT2D eigenvalue weighted by Crippen LogP contribution is -2.14. The Bertz CT molecular complexity index is 250. The minimum absolute atomic E-state index is 0.0248. The molecule has 0 heterocycles. The fourth-order valence-electron chi connectivity index (χ4n) is 0.770. The first-order valence-electron chi connectivity index (χ1n) is 3.85. The van der Waals surface area contributed by atoms with Gasteiger partial charge in [-0.05, 0) is 24.3 Å². The van der Waals surface area contributed by atoms with Crippen LogP contribution in [-0.4, -0.2) is 23.1 Å². The van der Waals surface area contributed by atoms with Gasteiger partial charge in [-0.1, -0.05) is 27.5 Å². The molecule has 72 valence electrons. The highest BCUT2D eigenvalue weighted by molar-refractivity contribution is 9.09. The molecule has 0 aliphatic rings. The molecule has 1 unspecified atom stereocenters. The maximum absolute atomic E-state index is 8.71. The Kier molecular flexibility index (Phi) is 4.56. The van der Waals surface area contributed by atoms with Crippen LogP contribution >= 0.6 is 27.5 Å². The summed E-state index contributed by atoms with van der Waals surface area (Å²) in [5, 5.41) is 9.39. The van der Waals surface area contributed by atoms with Crippen LogP contribution in [0.5, 0.6) is 5.75 Å². The number of rotatable bonds is 4. The molecule has 1 rings (SSSR count). The van der Waals surface area contributed by atoms with E-state index in [0.29, 0.717) is 11.6 Å². The molecule has 1 atom stereocenters. The van der Waals surface area contributed by atoms with Gasteiger partial charge in [0.25, 0.3) is 0 Å². The maximum Gasteiger partial charge on any atom is 0.119 e. The van der Waals surface area contributed by atoms with Gasteiger partial charge in [0, 0.05) is 5.02 Å². The summed E-state index contributed by atoms with van der Waals surface area (Å²) in [7, 11) is 0. The fourth-order valence-corrected chi connectivity index (χ4v) is 1.03. The van der Waals surface area contributed by atoms with E-state index in [1.54, 1.807) is 24.3 Å². The first-order valence-corrected chi connectivity index (χ1v) is 5.15. The van der Waals surface area contributed by atoms with Crippen molar-refractivity contribution in [1.82, 2.24) is 0 Å². The van der Waals surface area contributed by atoms with Crippen LogP contribution in [0, 0.1) is 0 Å². The van der Waals surface area contributed by atoms with Crippen molar-refractivity contribution in [3.8, 4) is 5.75 Å². The van der Waals surface area contributed by atoms with Gasteiger partial charge >= 0.3 is 0 Å². The quantitative estimate of drug-likeness (QED) is 0.848. The molecule has 0 aromatic heterocycles. The van der Waals surface area contributed by atoms with Crippen LogP contribution in [0.2, 0.25) is 5.02 Å². The third-order valence-electron chi connectivity index (χ3n) is 1.44. The summed E-state index contributed by atoms with van der Waals surface area (Å²) < 4.78 is 5.35. The molecule has 0 amide bonds. The molecule has 4 heteroatoms. The van der Waals surface area contributed by atoms with Gasteiger partial charge in [-0.2, -0.15) is 0 Å². The zero-order valence-corrected chi connectivity index (χ0v) is 9.25. The van der Waals surface area contributed by atoms with Crippen molar-refractivity contribution in [2.45, 2.75) is 4.83 Å². The van der Waals surface area contributed by atoms with Crippen LogP contribution in [0.25, 0.3) is 0 Å². The molecule has 0 aliphatic heterocycles. The first-order chi connectivity index (χ1) is 6.22. The zero-order valence-electron chi connectivity index (χ0n) is 6.91. The molecule has 13 heavy (non-hydrogen) atoms. The van der Waals surface area contributed by atoms with Gasteiger partial charge in [-0.25, -0.2) is 0 Å². The zero-order chi connectivity index (χ0) is 9.68. The smallest absolute Gasteiger partial charge is 0.119 e. The second kappa shape index (κ2) is 5.47. The van der Waals surface area contributed by atoms with Crippen LogP contribution in [0.4, 0.5) is 0 Å². The number of hydrogen-bond acceptors (Lipinski definition) is 2. The van der Waals surface area contributed by atoms with Crippen molar-refractivity contribution in [3.05, 3.63) is 29.3 Å². The Labute approximate surface area is 90.6 Å². The fraction of sp³-hybridized carbons (Fsp3) is 0.333. The average Bonchev–Trinajstić information content (AvgIpc) is 2.16. The SMILES string of the molecule is OCC(Br)COc1ccc(Cl)cc1. The highest BCUT2D eigenvalue weighted by Gasteiger charge is 2.02. The second-order valence-corrected chi connectivity index (χ2v) is 4.28. The minimum atomic E-state index is -0.0248. The van der Waals surface area contributed by atoms with E-state index in [2.05, 4.69) is 15.9 Å². The number of aliphatic hydroxyl groups excluding tert-OH is 1. The standard InChI is InChI=1S/C9H10BrClO2/c10-7(5-12)6-13-9-3-1-8(11)2-4-9/h1-4,7,12H,5-6H2. The minimum Gasteiger partial charge on any atom is -0.492 e. The van der Waals surface area contributed by atoms with E-state index < -0.39 is 0 Å². The summed E-state index contributed by atoms with van der Waals surface area (Å²) >= 11 is 8.94. The molecule has 1 aromatic rings. The Morgan fingerprint density at radius 3 is 2.54 bits per heavy atom. The van der Waals surface area contributed by atoms with Crippen molar-refractivity contribution < 1.29 is 9.84 Å². The van der Waals surface area contributed by atoms with Crippen LogP contribution in [0.1, 0.15) is 0 Å². The average molecular weight is 266 g/mol. The summed E-state index contributed by atoms with van der Waals surface area (Å²) in [4.78, 5) is -0.0248. The highest BCUT2D eigenvalue weighted by atomic mass is 79.9. The van der Waals surface area contributed by atoms with E-state index in [1.807, 2.05) is 0 Å². The largest absolute Gasteiger partial charge is 0.492 e. The van der Waals surface area contributed by atoms with Crippen LogP contribution < -0.4 is 4.74 Å². The van der Waals surface area contributed by atoms with Crippen LogP contribution in [0.15, 0.2) is 24.3 Å². The molecule has 0 saturated heterocycles. The number of halogens is 2. The van der Waals surface area contributed by atoms with Gasteiger partial charge in [0.15, 0.2) is 0 Å². The molecule has 0 radical (unpaired) electrons. The van der Waals surface area contributed by atoms with Gasteiger partial charge in [0.2, 0.25) is 0 Å². The van der Waals surface area contributed by atoms with Crippen LogP contribution in [-0.2, 0) is 0 Å². The monoisotopic (exact) mass is 264 g/mol. The number of ether oxygens (including phenoxy) is 1. The molecular formula is C9H10BrClO2. The van der Waals surface area contributed by atoms with Crippen molar-refractivity contribution >= 4 is 27.5 Å². The van der Waals surface area contributed by atoms with Gasteiger partial charge in [-0.15, -0.1) is 0 Å². The van der Waals surface area contributed by atoms with Gasteiger partial charge in [0.1, 0.15) is 12.4 Å². The summed E-state index contributed by atoms with van der Waals surface area (Å²) in [6.07, 6.45) is 0. The molecule has 0 spiro atoms. The predicted molar refractivity (Wildman–Crippen MR) is 56.7 cm³/mol. The Hall–Kier alpha value is -0.250. The summed E-state index contributed by atoms with van der Waals surface area (Å²) in [6, 6.07) is 7.11. The summed E-state index contributed by atoms with van der Waals surface area (Å²) in [6.45, 7) is 0.506. The lowest BCUT2D eigenvalue weighted by Gasteiger charge is -2.08. The van der Waals surface area contributed by atoms with E-state index in [-0.39, 0.29) is 11.4 Å². The topological polar surface area (TPSA) is 29.5 Å². The molecule has 0 saturated carbocycles. The third-order valence-corrected chi connectivity index (χ3v) is 2.25. The third kappa shape index (κ3) is 3.98. The van der Waals surface area contributed by atoms with Gasteiger partial charge in [-0.3, -0.25) is 0 Å². The lowest BCUT2D eigenvalue weighted by atomic mass is 10.3. The van der Waals surface area contributed by atoms with Crippen molar-refractivity contribution in [2.24, 2.45) is 0 Å². The first kappa shape index (κ1) is 10.8. The molecule has 0 bridgehead atoms. The Balaban J connectivity index is 2.41. The van der Waals surface area contributed by atoms with Gasteiger partial charge in [0.05, 0.1) is 11.4 Å². The molecular weight excluding hydrogens is 255 g/mol. The van der Waals surface area contributed by atoms with Crippen LogP contribution in [0.3, 0.4) is 0 Å². The summed E-state index contributed by atoms with van der Waals surface area (Å²) in [5.41, 5.74) is 0. The number of alkyl halides is 1. The molecule has 1 aromatic carbocycles. The highest BCUT2D eigenvalue weighted by Crippen LogP contribution is 2.16. The van der Waals surface area contributed by atoms with E-state index in [9.17, 15) is 0 Å².